The van der Waals surface area contributed by atoms with Gasteiger partial charge in [0.1, 0.15) is 0 Å². The third-order valence-electron chi connectivity index (χ3n) is 5.83. The number of rotatable bonds is 4. The molecule has 2 aromatic carbocycles. The Morgan fingerprint density at radius 3 is 2.33 bits per heavy atom. The Kier molecular flexibility index (Phi) is 6.02. The first-order valence-electron chi connectivity index (χ1n) is 10.7. The van der Waals surface area contributed by atoms with E-state index in [1.165, 1.54) is 37.0 Å². The van der Waals surface area contributed by atoms with Crippen molar-refractivity contribution in [3.8, 4) is 28.7 Å². The van der Waals surface area contributed by atoms with Gasteiger partial charge < -0.3 is 0 Å². The van der Waals surface area contributed by atoms with E-state index in [0.717, 1.165) is 21.3 Å². The second kappa shape index (κ2) is 8.85. The first-order valence-corrected chi connectivity index (χ1v) is 10.7. The number of allylic oxidation sites excluding steroid dienone is 1. The van der Waals surface area contributed by atoms with Crippen LogP contribution in [0.2, 0.25) is 0 Å². The van der Waals surface area contributed by atoms with Crippen LogP contribution in [0.4, 0.5) is 13.2 Å². The summed E-state index contributed by atoms with van der Waals surface area (Å²) in [5.74, 6) is 0. The van der Waals surface area contributed by atoms with Crippen molar-refractivity contribution in [3.63, 3.8) is 0 Å². The number of hydrogen-bond acceptors (Lipinski definition) is 4. The third-order valence-corrected chi connectivity index (χ3v) is 5.83. The molecule has 182 valence electrons. The van der Waals surface area contributed by atoms with Gasteiger partial charge in [-0.1, -0.05) is 12.6 Å². The van der Waals surface area contributed by atoms with Crippen LogP contribution in [-0.4, -0.2) is 18.9 Å². The van der Waals surface area contributed by atoms with E-state index in [0.29, 0.717) is 28.1 Å². The number of halogens is 3. The van der Waals surface area contributed by atoms with Crippen molar-refractivity contribution in [2.24, 2.45) is 7.05 Å². The van der Waals surface area contributed by atoms with Crippen molar-refractivity contribution in [2.45, 2.75) is 20.0 Å². The zero-order valence-corrected chi connectivity index (χ0v) is 19.6. The Hall–Kier alpha value is -4.65. The molecule has 0 atom stereocenters. The number of aromatic nitrogens is 4. The predicted octanol–water partition coefficient (Wildman–Crippen LogP) is 4.62. The summed E-state index contributed by atoms with van der Waals surface area (Å²) >= 11 is 0. The molecular formula is C26H20F3N5O2. The van der Waals surface area contributed by atoms with Gasteiger partial charge in [-0.15, -0.1) is 0 Å². The molecule has 36 heavy (non-hydrogen) atoms. The molecule has 4 rings (SSSR count). The van der Waals surface area contributed by atoms with Gasteiger partial charge in [0.15, 0.2) is 0 Å². The molecule has 0 unspecified atom stereocenters. The Labute approximate surface area is 203 Å². The molecule has 7 nitrogen and oxygen atoms in total. The molecule has 0 fully saturated rings. The molecule has 0 N–H and O–H groups in total. The summed E-state index contributed by atoms with van der Waals surface area (Å²) < 4.78 is 43.6. The molecular weight excluding hydrogens is 471 g/mol. The van der Waals surface area contributed by atoms with Gasteiger partial charge in [0.2, 0.25) is 0 Å². The number of benzene rings is 2. The summed E-state index contributed by atoms with van der Waals surface area (Å²) in [5, 5.41) is 13.5. The lowest BCUT2D eigenvalue weighted by Gasteiger charge is -2.18. The van der Waals surface area contributed by atoms with Crippen LogP contribution in [0.15, 0.2) is 70.9 Å². The molecule has 0 aliphatic carbocycles. The van der Waals surface area contributed by atoms with E-state index >= 15 is 0 Å². The summed E-state index contributed by atoms with van der Waals surface area (Å²) in [6.07, 6.45) is -3.09. The number of hydrogen-bond donors (Lipinski definition) is 0. The second-order valence-corrected chi connectivity index (χ2v) is 8.25. The Morgan fingerprint density at radius 2 is 1.75 bits per heavy atom. The van der Waals surface area contributed by atoms with Gasteiger partial charge >= 0.3 is 11.9 Å². The van der Waals surface area contributed by atoms with Crippen molar-refractivity contribution in [1.82, 2.24) is 18.9 Å². The van der Waals surface area contributed by atoms with E-state index in [1.807, 2.05) is 6.07 Å². The largest absolute Gasteiger partial charge is 0.416 e. The van der Waals surface area contributed by atoms with Gasteiger partial charge in [0.25, 0.3) is 5.56 Å². The minimum absolute atomic E-state index is 0.0366. The quantitative estimate of drug-likeness (QED) is 0.417. The first kappa shape index (κ1) is 24.5. The molecule has 2 heterocycles. The zero-order valence-electron chi connectivity index (χ0n) is 19.6. The van der Waals surface area contributed by atoms with Crippen molar-refractivity contribution < 1.29 is 13.2 Å². The summed E-state index contributed by atoms with van der Waals surface area (Å²) in [6, 6.07) is 12.9. The third kappa shape index (κ3) is 4.05. The van der Waals surface area contributed by atoms with E-state index in [9.17, 15) is 22.8 Å². The van der Waals surface area contributed by atoms with Gasteiger partial charge in [0.05, 0.1) is 46.0 Å². The molecule has 0 aliphatic heterocycles. The van der Waals surface area contributed by atoms with Crippen LogP contribution in [0, 0.1) is 18.3 Å². The van der Waals surface area contributed by atoms with Crippen LogP contribution in [0.5, 0.6) is 0 Å². The maximum atomic E-state index is 13.4. The smallest absolute Gasteiger partial charge is 0.268 e. The highest BCUT2D eigenvalue weighted by atomic mass is 19.4. The zero-order chi connectivity index (χ0) is 26.4. The predicted molar refractivity (Wildman–Crippen MR) is 129 cm³/mol. The van der Waals surface area contributed by atoms with Crippen LogP contribution >= 0.6 is 0 Å². The summed E-state index contributed by atoms with van der Waals surface area (Å²) in [4.78, 5) is 26.5. The minimum atomic E-state index is -4.61. The summed E-state index contributed by atoms with van der Waals surface area (Å²) in [7, 11) is 1.26. The number of alkyl halides is 3. The molecule has 0 saturated heterocycles. The van der Waals surface area contributed by atoms with Crippen LogP contribution in [-0.2, 0) is 13.2 Å². The maximum absolute atomic E-state index is 13.4. The topological polar surface area (TPSA) is 85.6 Å². The van der Waals surface area contributed by atoms with Crippen molar-refractivity contribution in [3.05, 3.63) is 105 Å². The standard InChI is InChI=1S/C26H20F3N5O2/c1-15(2)21-14-31-34(19-10-8-17(13-30)9-11-19)23(21)22-16(3)33(25(36)32(4)24(22)35)20-7-5-6-18(12-20)26(27,28)29/h5-12,14H,1H2,2-4H3. The molecule has 0 amide bonds. The van der Waals surface area contributed by atoms with Crippen LogP contribution in [0.3, 0.4) is 0 Å². The first-order chi connectivity index (χ1) is 17.0. The molecule has 10 heteroatoms. The number of nitrogens with zero attached hydrogens (tertiary/aromatic N) is 5. The van der Waals surface area contributed by atoms with Crippen LogP contribution < -0.4 is 11.2 Å². The highest BCUT2D eigenvalue weighted by Crippen LogP contribution is 2.33. The monoisotopic (exact) mass is 491 g/mol. The molecule has 0 aliphatic rings. The molecule has 0 radical (unpaired) electrons. The van der Waals surface area contributed by atoms with E-state index in [4.69, 9.17) is 5.26 Å². The Balaban J connectivity index is 2.08. The lowest BCUT2D eigenvalue weighted by atomic mass is 10.0. The highest BCUT2D eigenvalue weighted by Gasteiger charge is 2.31. The molecule has 0 saturated carbocycles. The van der Waals surface area contributed by atoms with E-state index in [-0.39, 0.29) is 16.9 Å². The van der Waals surface area contributed by atoms with Gasteiger partial charge in [-0.25, -0.2) is 9.48 Å². The van der Waals surface area contributed by atoms with Gasteiger partial charge in [-0.3, -0.25) is 13.9 Å². The van der Waals surface area contributed by atoms with E-state index < -0.39 is 23.0 Å². The van der Waals surface area contributed by atoms with Gasteiger partial charge in [-0.05, 0) is 61.9 Å². The fraction of sp³-hybridized carbons (Fsp3) is 0.154. The minimum Gasteiger partial charge on any atom is -0.268 e. The maximum Gasteiger partial charge on any atom is 0.416 e. The normalized spacial score (nSPS) is 11.4. The fourth-order valence-electron chi connectivity index (χ4n) is 3.99. The van der Waals surface area contributed by atoms with E-state index in [1.54, 1.807) is 31.2 Å². The van der Waals surface area contributed by atoms with Gasteiger partial charge in [0, 0.05) is 18.3 Å². The highest BCUT2D eigenvalue weighted by molar-refractivity contribution is 5.79. The van der Waals surface area contributed by atoms with Crippen molar-refractivity contribution in [2.75, 3.05) is 0 Å². The fourth-order valence-corrected chi connectivity index (χ4v) is 3.99. The Bertz CT molecular complexity index is 1670. The average molecular weight is 491 g/mol. The lowest BCUT2D eigenvalue weighted by Crippen LogP contribution is -2.40. The van der Waals surface area contributed by atoms with Crippen molar-refractivity contribution >= 4 is 5.57 Å². The molecule has 0 bridgehead atoms. The lowest BCUT2D eigenvalue weighted by molar-refractivity contribution is -0.137. The van der Waals surface area contributed by atoms with Crippen LogP contribution in [0.1, 0.15) is 29.3 Å². The van der Waals surface area contributed by atoms with Gasteiger partial charge in [-0.2, -0.15) is 23.5 Å². The van der Waals surface area contributed by atoms with E-state index in [2.05, 4.69) is 11.7 Å². The summed E-state index contributed by atoms with van der Waals surface area (Å²) in [6.45, 7) is 7.19. The Morgan fingerprint density at radius 1 is 1.08 bits per heavy atom. The molecule has 0 spiro atoms. The molecule has 4 aromatic rings. The van der Waals surface area contributed by atoms with Crippen LogP contribution in [0.25, 0.3) is 28.2 Å². The number of nitriles is 1. The average Bonchev–Trinajstić information content (AvgIpc) is 3.27. The van der Waals surface area contributed by atoms with Crippen molar-refractivity contribution in [1.29, 1.82) is 5.26 Å². The SMILES string of the molecule is C=C(C)c1cnn(-c2ccc(C#N)cc2)c1-c1c(C)n(-c2cccc(C(F)(F)F)c2)c(=O)n(C)c1=O. The summed E-state index contributed by atoms with van der Waals surface area (Å²) in [5.41, 5.74) is 0.225. The second-order valence-electron chi connectivity index (χ2n) is 8.25. The molecule has 2 aromatic heterocycles.